The van der Waals surface area contributed by atoms with Crippen LogP contribution in [-0.2, 0) is 16.0 Å². The zero-order valence-corrected chi connectivity index (χ0v) is 14.9. The summed E-state index contributed by atoms with van der Waals surface area (Å²) in [6.07, 6.45) is 2.26. The van der Waals surface area contributed by atoms with Gasteiger partial charge in [0.25, 0.3) is 0 Å². The Morgan fingerprint density at radius 2 is 1.96 bits per heavy atom. The molecule has 3 N–H and O–H groups in total. The summed E-state index contributed by atoms with van der Waals surface area (Å²) in [7, 11) is 0. The number of ether oxygens (including phenoxy) is 1. The standard InChI is InChI=1S/C17H20N4O3S/c1-3-11-5-7-12(8-6-11)20-14(22)10-25-17-19-9-13(15(18)21-17)16(23)24-4-2/h5-9H,3-4,10H2,1-2H3,(H,20,22)(H2,18,19,21). The van der Waals surface area contributed by atoms with E-state index in [1.54, 1.807) is 6.92 Å². The molecular weight excluding hydrogens is 340 g/mol. The number of hydrogen-bond acceptors (Lipinski definition) is 7. The summed E-state index contributed by atoms with van der Waals surface area (Å²) in [6, 6.07) is 7.68. The molecule has 2 aromatic rings. The molecule has 0 bridgehead atoms. The highest BCUT2D eigenvalue weighted by Gasteiger charge is 2.14. The predicted octanol–water partition coefficient (Wildman–Crippen LogP) is 2.53. The zero-order valence-electron chi connectivity index (χ0n) is 14.1. The van der Waals surface area contributed by atoms with E-state index in [1.165, 1.54) is 11.8 Å². The Bertz CT molecular complexity index is 750. The van der Waals surface area contributed by atoms with Crippen LogP contribution in [0.25, 0.3) is 0 Å². The number of anilines is 2. The van der Waals surface area contributed by atoms with Gasteiger partial charge in [-0.25, -0.2) is 14.8 Å². The number of benzene rings is 1. The monoisotopic (exact) mass is 360 g/mol. The molecule has 132 valence electrons. The lowest BCUT2D eigenvalue weighted by Crippen LogP contribution is -2.15. The van der Waals surface area contributed by atoms with Crippen molar-refractivity contribution in [3.8, 4) is 0 Å². The third kappa shape index (κ3) is 5.46. The van der Waals surface area contributed by atoms with Crippen LogP contribution in [0.2, 0.25) is 0 Å². The molecule has 0 fully saturated rings. The topological polar surface area (TPSA) is 107 Å². The van der Waals surface area contributed by atoms with Crippen molar-refractivity contribution in [1.29, 1.82) is 0 Å². The predicted molar refractivity (Wildman–Crippen MR) is 97.6 cm³/mol. The maximum Gasteiger partial charge on any atom is 0.343 e. The number of rotatable bonds is 7. The smallest absolute Gasteiger partial charge is 0.343 e. The van der Waals surface area contributed by atoms with E-state index in [-0.39, 0.29) is 29.6 Å². The molecule has 0 aliphatic heterocycles. The number of hydrogen-bond donors (Lipinski definition) is 2. The lowest BCUT2D eigenvalue weighted by Gasteiger charge is -2.07. The van der Waals surface area contributed by atoms with Crippen LogP contribution in [0.5, 0.6) is 0 Å². The average Bonchev–Trinajstić information content (AvgIpc) is 2.61. The summed E-state index contributed by atoms with van der Waals surface area (Å²) in [6.45, 7) is 4.02. The van der Waals surface area contributed by atoms with Crippen LogP contribution in [0.4, 0.5) is 11.5 Å². The molecule has 0 aliphatic rings. The van der Waals surface area contributed by atoms with Crippen molar-refractivity contribution in [1.82, 2.24) is 9.97 Å². The van der Waals surface area contributed by atoms with E-state index in [0.717, 1.165) is 23.9 Å². The van der Waals surface area contributed by atoms with Gasteiger partial charge in [-0.3, -0.25) is 4.79 Å². The van der Waals surface area contributed by atoms with E-state index in [2.05, 4.69) is 22.2 Å². The fourth-order valence-electron chi connectivity index (χ4n) is 1.96. The lowest BCUT2D eigenvalue weighted by molar-refractivity contribution is -0.113. The number of amides is 1. The van der Waals surface area contributed by atoms with Gasteiger partial charge in [-0.2, -0.15) is 0 Å². The molecule has 0 saturated heterocycles. The molecule has 0 radical (unpaired) electrons. The second-order valence-electron chi connectivity index (χ2n) is 5.06. The molecule has 0 spiro atoms. The van der Waals surface area contributed by atoms with Gasteiger partial charge in [0.15, 0.2) is 5.16 Å². The van der Waals surface area contributed by atoms with Gasteiger partial charge in [0, 0.05) is 11.9 Å². The van der Waals surface area contributed by atoms with Crippen molar-refractivity contribution in [2.24, 2.45) is 0 Å². The summed E-state index contributed by atoms with van der Waals surface area (Å²) < 4.78 is 4.86. The van der Waals surface area contributed by atoms with E-state index >= 15 is 0 Å². The van der Waals surface area contributed by atoms with Crippen molar-refractivity contribution in [2.75, 3.05) is 23.4 Å². The Morgan fingerprint density at radius 3 is 2.56 bits per heavy atom. The van der Waals surface area contributed by atoms with E-state index in [1.807, 2.05) is 24.3 Å². The summed E-state index contributed by atoms with van der Waals surface area (Å²) in [4.78, 5) is 31.7. The normalized spacial score (nSPS) is 10.3. The summed E-state index contributed by atoms with van der Waals surface area (Å²) in [5.74, 6) is -0.574. The fraction of sp³-hybridized carbons (Fsp3) is 0.294. The number of nitrogen functional groups attached to an aromatic ring is 1. The van der Waals surface area contributed by atoms with Crippen LogP contribution >= 0.6 is 11.8 Å². The van der Waals surface area contributed by atoms with Gasteiger partial charge in [0.1, 0.15) is 11.4 Å². The van der Waals surface area contributed by atoms with E-state index in [0.29, 0.717) is 5.16 Å². The van der Waals surface area contributed by atoms with Crippen molar-refractivity contribution in [2.45, 2.75) is 25.4 Å². The number of nitrogens with zero attached hydrogens (tertiary/aromatic N) is 2. The van der Waals surface area contributed by atoms with Crippen LogP contribution in [0, 0.1) is 0 Å². The number of carbonyl (C=O) groups is 2. The molecule has 0 atom stereocenters. The van der Waals surface area contributed by atoms with Crippen LogP contribution in [0.3, 0.4) is 0 Å². The first-order valence-electron chi connectivity index (χ1n) is 7.84. The maximum absolute atomic E-state index is 12.0. The Hall–Kier alpha value is -2.61. The Labute approximate surface area is 150 Å². The highest BCUT2D eigenvalue weighted by Crippen LogP contribution is 2.18. The molecular formula is C17H20N4O3S. The highest BCUT2D eigenvalue weighted by atomic mass is 32.2. The van der Waals surface area contributed by atoms with E-state index in [9.17, 15) is 9.59 Å². The number of aryl methyl sites for hydroxylation is 1. The van der Waals surface area contributed by atoms with Crippen molar-refractivity contribution >= 4 is 35.1 Å². The number of carbonyl (C=O) groups excluding carboxylic acids is 2. The molecule has 1 amide bonds. The van der Waals surface area contributed by atoms with Crippen LogP contribution in [-0.4, -0.2) is 34.2 Å². The minimum Gasteiger partial charge on any atom is -0.462 e. The number of aromatic nitrogens is 2. The quantitative estimate of drug-likeness (QED) is 0.444. The molecule has 1 aromatic heterocycles. The Balaban J connectivity index is 1.90. The summed E-state index contributed by atoms with van der Waals surface area (Å²) in [5.41, 5.74) is 7.80. The van der Waals surface area contributed by atoms with Gasteiger partial charge < -0.3 is 15.8 Å². The first kappa shape index (κ1) is 18.7. The molecule has 0 saturated carbocycles. The number of esters is 1. The molecule has 0 aliphatic carbocycles. The van der Waals surface area contributed by atoms with Crippen molar-refractivity contribution in [3.05, 3.63) is 41.6 Å². The number of thioether (sulfide) groups is 1. The molecule has 0 unspecified atom stereocenters. The molecule has 2 rings (SSSR count). The van der Waals surface area contributed by atoms with Crippen LogP contribution in [0.15, 0.2) is 35.6 Å². The Morgan fingerprint density at radius 1 is 1.24 bits per heavy atom. The van der Waals surface area contributed by atoms with Gasteiger partial charge >= 0.3 is 5.97 Å². The summed E-state index contributed by atoms with van der Waals surface area (Å²) >= 11 is 1.14. The lowest BCUT2D eigenvalue weighted by atomic mass is 10.1. The first-order chi connectivity index (χ1) is 12.0. The van der Waals surface area contributed by atoms with Crippen molar-refractivity contribution < 1.29 is 14.3 Å². The second-order valence-corrected chi connectivity index (χ2v) is 6.00. The van der Waals surface area contributed by atoms with Gasteiger partial charge in [-0.15, -0.1) is 0 Å². The van der Waals surface area contributed by atoms with Crippen molar-refractivity contribution in [3.63, 3.8) is 0 Å². The Kier molecular flexibility index (Phi) is 6.76. The number of nitrogens with one attached hydrogen (secondary N) is 1. The molecule has 8 heteroatoms. The van der Waals surface area contributed by atoms with Crippen LogP contribution < -0.4 is 11.1 Å². The largest absolute Gasteiger partial charge is 0.462 e. The maximum atomic E-state index is 12.0. The van der Waals surface area contributed by atoms with Gasteiger partial charge in [-0.1, -0.05) is 30.8 Å². The molecule has 25 heavy (non-hydrogen) atoms. The van der Waals surface area contributed by atoms with Gasteiger partial charge in [-0.05, 0) is 31.0 Å². The van der Waals surface area contributed by atoms with Gasteiger partial charge in [0.2, 0.25) is 5.91 Å². The minimum atomic E-state index is -0.565. The zero-order chi connectivity index (χ0) is 18.2. The second kappa shape index (κ2) is 9.03. The minimum absolute atomic E-state index is 0.0338. The fourth-order valence-corrected chi connectivity index (χ4v) is 2.59. The highest BCUT2D eigenvalue weighted by molar-refractivity contribution is 7.99. The van der Waals surface area contributed by atoms with E-state index < -0.39 is 5.97 Å². The van der Waals surface area contributed by atoms with Crippen LogP contribution in [0.1, 0.15) is 29.8 Å². The average molecular weight is 360 g/mol. The SMILES string of the molecule is CCOC(=O)c1cnc(SCC(=O)Nc2ccc(CC)cc2)nc1N. The third-order valence-electron chi connectivity index (χ3n) is 3.27. The number of nitrogens with two attached hydrogens (primary N) is 1. The molecule has 1 heterocycles. The molecule has 7 nitrogen and oxygen atoms in total. The van der Waals surface area contributed by atoms with Gasteiger partial charge in [0.05, 0.1) is 12.4 Å². The third-order valence-corrected chi connectivity index (χ3v) is 4.13. The first-order valence-corrected chi connectivity index (χ1v) is 8.83. The summed E-state index contributed by atoms with van der Waals surface area (Å²) in [5, 5.41) is 3.13. The van der Waals surface area contributed by atoms with E-state index in [4.69, 9.17) is 10.5 Å². The molecule has 1 aromatic carbocycles.